The zero-order valence-electron chi connectivity index (χ0n) is 8.69. The molecule has 0 atom stereocenters. The Kier molecular flexibility index (Phi) is 2.19. The largest absolute Gasteiger partial charge is 0.326 e. The van der Waals surface area contributed by atoms with Gasteiger partial charge in [0.1, 0.15) is 5.70 Å². The third kappa shape index (κ3) is 1.81. The first-order chi connectivity index (χ1) is 8.22. The van der Waals surface area contributed by atoms with Crippen molar-refractivity contribution in [3.05, 3.63) is 40.9 Å². The predicted octanol–water partition coefficient (Wildman–Crippen LogP) is 2.08. The third-order valence-electron chi connectivity index (χ3n) is 2.51. The number of urea groups is 1. The fourth-order valence-corrected chi connectivity index (χ4v) is 2.49. The van der Waals surface area contributed by atoms with Gasteiger partial charge in [0.15, 0.2) is 0 Å². The molecule has 0 spiro atoms. The molecule has 1 aromatic carbocycles. The topological polar surface area (TPSA) is 58.2 Å². The van der Waals surface area contributed by atoms with Crippen molar-refractivity contribution in [1.29, 1.82) is 0 Å². The monoisotopic (exact) mass is 244 g/mol. The van der Waals surface area contributed by atoms with Gasteiger partial charge < -0.3 is 5.32 Å². The van der Waals surface area contributed by atoms with Crippen molar-refractivity contribution in [1.82, 2.24) is 10.6 Å². The van der Waals surface area contributed by atoms with Crippen LogP contribution >= 0.6 is 11.3 Å². The van der Waals surface area contributed by atoms with Crippen molar-refractivity contribution in [2.45, 2.75) is 0 Å². The van der Waals surface area contributed by atoms with E-state index in [9.17, 15) is 9.59 Å². The molecule has 2 N–H and O–H groups in total. The Balaban J connectivity index is 2.01. The number of thiophene rings is 1. The van der Waals surface area contributed by atoms with Gasteiger partial charge in [-0.1, -0.05) is 6.07 Å². The molecular weight excluding hydrogens is 236 g/mol. The maximum absolute atomic E-state index is 11.3. The zero-order valence-corrected chi connectivity index (χ0v) is 9.51. The minimum Gasteiger partial charge on any atom is -0.303 e. The summed E-state index contributed by atoms with van der Waals surface area (Å²) in [6.45, 7) is 0. The number of benzene rings is 1. The molecule has 0 unspecified atom stereocenters. The Bertz CT molecular complexity index is 657. The molecule has 1 saturated heterocycles. The van der Waals surface area contributed by atoms with E-state index in [-0.39, 0.29) is 11.6 Å². The van der Waals surface area contributed by atoms with Crippen molar-refractivity contribution in [2.24, 2.45) is 0 Å². The summed E-state index contributed by atoms with van der Waals surface area (Å²) in [5.41, 5.74) is 1.17. The summed E-state index contributed by atoms with van der Waals surface area (Å²) in [5, 5.41) is 7.78. The SMILES string of the molecule is O=C1NC(=O)/C(=C/c2ccc3sccc3c2)N1. The highest BCUT2D eigenvalue weighted by Gasteiger charge is 2.22. The number of imide groups is 1. The zero-order chi connectivity index (χ0) is 11.8. The molecule has 1 aromatic heterocycles. The van der Waals surface area contributed by atoms with Crippen molar-refractivity contribution < 1.29 is 9.59 Å². The maximum atomic E-state index is 11.3. The van der Waals surface area contributed by atoms with Gasteiger partial charge >= 0.3 is 6.03 Å². The lowest BCUT2D eigenvalue weighted by atomic mass is 10.1. The molecule has 2 heterocycles. The quantitative estimate of drug-likeness (QED) is 0.596. The van der Waals surface area contributed by atoms with Gasteiger partial charge in [-0.05, 0) is 40.6 Å². The van der Waals surface area contributed by atoms with Gasteiger partial charge in [0.25, 0.3) is 5.91 Å². The smallest absolute Gasteiger partial charge is 0.303 e. The molecule has 84 valence electrons. The molecule has 2 aromatic rings. The molecule has 0 aliphatic carbocycles. The van der Waals surface area contributed by atoms with E-state index >= 15 is 0 Å². The van der Waals surface area contributed by atoms with E-state index in [0.717, 1.165) is 10.9 Å². The number of carbonyl (C=O) groups is 2. The van der Waals surface area contributed by atoms with Gasteiger partial charge in [0.05, 0.1) is 0 Å². The average molecular weight is 244 g/mol. The number of rotatable bonds is 1. The maximum Gasteiger partial charge on any atom is 0.326 e. The summed E-state index contributed by atoms with van der Waals surface area (Å²) in [7, 11) is 0. The van der Waals surface area contributed by atoms with Crippen LogP contribution in [0, 0.1) is 0 Å². The summed E-state index contributed by atoms with van der Waals surface area (Å²) < 4.78 is 1.20. The second-order valence-electron chi connectivity index (χ2n) is 3.68. The number of carbonyl (C=O) groups excluding carboxylic acids is 2. The molecule has 0 radical (unpaired) electrons. The van der Waals surface area contributed by atoms with Crippen LogP contribution in [0.5, 0.6) is 0 Å². The molecule has 1 fully saturated rings. The highest BCUT2D eigenvalue weighted by Crippen LogP contribution is 2.22. The van der Waals surface area contributed by atoms with Crippen LogP contribution in [-0.4, -0.2) is 11.9 Å². The van der Waals surface area contributed by atoms with Crippen LogP contribution in [0.1, 0.15) is 5.56 Å². The molecule has 0 saturated carbocycles. The highest BCUT2D eigenvalue weighted by atomic mass is 32.1. The number of hydrogen-bond donors (Lipinski definition) is 2. The van der Waals surface area contributed by atoms with Crippen molar-refractivity contribution in [3.8, 4) is 0 Å². The van der Waals surface area contributed by atoms with Crippen LogP contribution in [0.15, 0.2) is 35.3 Å². The van der Waals surface area contributed by atoms with Gasteiger partial charge in [-0.2, -0.15) is 0 Å². The van der Waals surface area contributed by atoms with Gasteiger partial charge in [-0.15, -0.1) is 11.3 Å². The van der Waals surface area contributed by atoms with Gasteiger partial charge in [0, 0.05) is 4.70 Å². The molecular formula is C12H8N2O2S. The fourth-order valence-electron chi connectivity index (χ4n) is 1.72. The number of nitrogens with one attached hydrogen (secondary N) is 2. The first kappa shape index (κ1) is 10.0. The van der Waals surface area contributed by atoms with Crippen LogP contribution in [0.3, 0.4) is 0 Å². The van der Waals surface area contributed by atoms with Crippen LogP contribution in [0.4, 0.5) is 4.79 Å². The normalized spacial score (nSPS) is 17.5. The van der Waals surface area contributed by atoms with E-state index in [1.165, 1.54) is 4.70 Å². The Morgan fingerprint density at radius 2 is 2.00 bits per heavy atom. The Morgan fingerprint density at radius 1 is 1.12 bits per heavy atom. The Hall–Kier alpha value is -2.14. The van der Waals surface area contributed by atoms with Crippen molar-refractivity contribution in [2.75, 3.05) is 0 Å². The van der Waals surface area contributed by atoms with Crippen molar-refractivity contribution in [3.63, 3.8) is 0 Å². The molecule has 3 rings (SSSR count). The van der Waals surface area contributed by atoms with Crippen LogP contribution < -0.4 is 10.6 Å². The summed E-state index contributed by atoms with van der Waals surface area (Å²) in [6.07, 6.45) is 1.66. The molecule has 4 nitrogen and oxygen atoms in total. The fraction of sp³-hybridized carbons (Fsp3) is 0. The van der Waals surface area contributed by atoms with Crippen LogP contribution in [0.2, 0.25) is 0 Å². The molecule has 5 heteroatoms. The molecule has 0 bridgehead atoms. The molecule has 17 heavy (non-hydrogen) atoms. The van der Waals surface area contributed by atoms with Crippen molar-refractivity contribution >= 4 is 39.4 Å². The summed E-state index contributed by atoms with van der Waals surface area (Å²) in [4.78, 5) is 22.3. The van der Waals surface area contributed by atoms with Gasteiger partial charge in [-0.25, -0.2) is 4.79 Å². The minimum absolute atomic E-state index is 0.282. The third-order valence-corrected chi connectivity index (χ3v) is 3.41. The lowest BCUT2D eigenvalue weighted by molar-refractivity contribution is -0.115. The highest BCUT2D eigenvalue weighted by molar-refractivity contribution is 7.17. The second-order valence-corrected chi connectivity index (χ2v) is 4.63. The predicted molar refractivity (Wildman–Crippen MR) is 66.5 cm³/mol. The number of amides is 3. The Labute approximate surface area is 101 Å². The number of fused-ring (bicyclic) bond motifs is 1. The molecule has 1 aliphatic heterocycles. The second kappa shape index (κ2) is 3.71. The summed E-state index contributed by atoms with van der Waals surface area (Å²) in [6, 6.07) is 7.45. The molecule has 1 aliphatic rings. The standard InChI is InChI=1S/C12H8N2O2S/c15-11-9(13-12(16)14-11)6-7-1-2-10-8(5-7)3-4-17-10/h1-6H,(H2,13,14,15,16)/b9-6-. The minimum atomic E-state index is -0.474. The van der Waals surface area contributed by atoms with E-state index in [1.54, 1.807) is 17.4 Å². The first-order valence-electron chi connectivity index (χ1n) is 5.04. The van der Waals surface area contributed by atoms with E-state index in [0.29, 0.717) is 0 Å². The van der Waals surface area contributed by atoms with E-state index in [1.807, 2.05) is 29.6 Å². The lowest BCUT2D eigenvalue weighted by Crippen LogP contribution is -2.22. The summed E-state index contributed by atoms with van der Waals surface area (Å²) >= 11 is 1.67. The van der Waals surface area contributed by atoms with Gasteiger partial charge in [0.2, 0.25) is 0 Å². The van der Waals surface area contributed by atoms with E-state index in [4.69, 9.17) is 0 Å². The molecule has 3 amide bonds. The first-order valence-corrected chi connectivity index (χ1v) is 5.92. The summed E-state index contributed by atoms with van der Waals surface area (Å²) in [5.74, 6) is -0.389. The van der Waals surface area contributed by atoms with E-state index < -0.39 is 6.03 Å². The Morgan fingerprint density at radius 3 is 2.76 bits per heavy atom. The van der Waals surface area contributed by atoms with E-state index in [2.05, 4.69) is 10.6 Å². The van der Waals surface area contributed by atoms with Crippen LogP contribution in [-0.2, 0) is 4.79 Å². The lowest BCUT2D eigenvalue weighted by Gasteiger charge is -1.96. The average Bonchev–Trinajstić information content (AvgIpc) is 2.85. The van der Waals surface area contributed by atoms with Gasteiger partial charge in [-0.3, -0.25) is 10.1 Å². The van der Waals surface area contributed by atoms with Crippen LogP contribution in [0.25, 0.3) is 16.2 Å². The number of hydrogen-bond acceptors (Lipinski definition) is 3.